The van der Waals surface area contributed by atoms with E-state index >= 15 is 0 Å². The summed E-state index contributed by atoms with van der Waals surface area (Å²) >= 11 is 13.1. The highest BCUT2D eigenvalue weighted by Crippen LogP contribution is 2.29. The SMILES string of the molecule is N=C1NC(=O)C(=Cc2ccccc2OCc2ccc(Cl)cc2Cl)S1. The van der Waals surface area contributed by atoms with Crippen LogP contribution >= 0.6 is 35.0 Å². The molecular formula is C17H12Cl2N2O2S. The first kappa shape index (κ1) is 16.9. The molecule has 1 amide bonds. The molecule has 0 saturated carbocycles. The van der Waals surface area contributed by atoms with E-state index in [0.29, 0.717) is 20.7 Å². The zero-order valence-electron chi connectivity index (χ0n) is 12.3. The van der Waals surface area contributed by atoms with Gasteiger partial charge in [0.2, 0.25) is 0 Å². The van der Waals surface area contributed by atoms with Crippen molar-refractivity contribution in [3.63, 3.8) is 0 Å². The normalized spacial score (nSPS) is 15.7. The molecule has 3 rings (SSSR count). The number of ether oxygens (including phenoxy) is 1. The maximum atomic E-state index is 11.7. The van der Waals surface area contributed by atoms with Crippen LogP contribution in [0.15, 0.2) is 47.4 Å². The van der Waals surface area contributed by atoms with Gasteiger partial charge in [0.25, 0.3) is 5.91 Å². The lowest BCUT2D eigenvalue weighted by Gasteiger charge is -2.11. The van der Waals surface area contributed by atoms with Crippen molar-refractivity contribution in [3.05, 3.63) is 68.5 Å². The summed E-state index contributed by atoms with van der Waals surface area (Å²) in [5.41, 5.74) is 1.58. The standard InChI is InChI=1S/C17H12Cl2N2O2S/c18-12-6-5-11(13(19)8-12)9-23-14-4-2-1-3-10(14)7-15-16(22)21-17(20)24-15/h1-8H,9H2,(H2,20,21,22). The molecule has 0 radical (unpaired) electrons. The fourth-order valence-corrected chi connectivity index (χ4v) is 3.26. The first-order valence-electron chi connectivity index (χ1n) is 6.98. The van der Waals surface area contributed by atoms with Crippen molar-refractivity contribution in [1.82, 2.24) is 5.32 Å². The molecule has 4 nitrogen and oxygen atoms in total. The Balaban J connectivity index is 1.81. The highest BCUT2D eigenvalue weighted by molar-refractivity contribution is 8.18. The number of para-hydroxylation sites is 1. The number of carbonyl (C=O) groups excluding carboxylic acids is 1. The molecule has 2 N–H and O–H groups in total. The largest absolute Gasteiger partial charge is 0.488 e. The number of rotatable bonds is 4. The van der Waals surface area contributed by atoms with Crippen molar-refractivity contribution in [2.45, 2.75) is 6.61 Å². The summed E-state index contributed by atoms with van der Waals surface area (Å²) in [6, 6.07) is 12.6. The minimum atomic E-state index is -0.277. The van der Waals surface area contributed by atoms with Crippen molar-refractivity contribution >= 4 is 52.1 Å². The van der Waals surface area contributed by atoms with Gasteiger partial charge < -0.3 is 10.1 Å². The molecule has 1 aliphatic rings. The molecule has 24 heavy (non-hydrogen) atoms. The summed E-state index contributed by atoms with van der Waals surface area (Å²) in [6.07, 6.45) is 1.71. The first-order chi connectivity index (χ1) is 11.5. The lowest BCUT2D eigenvalue weighted by molar-refractivity contribution is -0.115. The Kier molecular flexibility index (Phi) is 5.14. The molecule has 1 aliphatic heterocycles. The van der Waals surface area contributed by atoms with Crippen LogP contribution < -0.4 is 10.1 Å². The maximum Gasteiger partial charge on any atom is 0.264 e. The predicted molar refractivity (Wildman–Crippen MR) is 98.7 cm³/mol. The van der Waals surface area contributed by atoms with Gasteiger partial charge in [-0.1, -0.05) is 47.5 Å². The summed E-state index contributed by atoms with van der Waals surface area (Å²) < 4.78 is 5.85. The van der Waals surface area contributed by atoms with Crippen molar-refractivity contribution in [2.24, 2.45) is 0 Å². The van der Waals surface area contributed by atoms with Gasteiger partial charge >= 0.3 is 0 Å². The van der Waals surface area contributed by atoms with E-state index in [4.69, 9.17) is 33.3 Å². The lowest BCUT2D eigenvalue weighted by Crippen LogP contribution is -2.18. The van der Waals surface area contributed by atoms with Crippen molar-refractivity contribution in [3.8, 4) is 5.75 Å². The van der Waals surface area contributed by atoms with Gasteiger partial charge in [-0.05, 0) is 36.0 Å². The van der Waals surface area contributed by atoms with E-state index < -0.39 is 0 Å². The van der Waals surface area contributed by atoms with Crippen LogP contribution in [0.2, 0.25) is 10.0 Å². The topological polar surface area (TPSA) is 62.2 Å². The van der Waals surface area contributed by atoms with E-state index in [1.54, 1.807) is 18.2 Å². The summed E-state index contributed by atoms with van der Waals surface area (Å²) in [5.74, 6) is 0.350. The zero-order valence-corrected chi connectivity index (χ0v) is 14.6. The number of hydrogen-bond acceptors (Lipinski definition) is 4. The Labute approximate surface area is 153 Å². The molecule has 0 aliphatic carbocycles. The van der Waals surface area contributed by atoms with E-state index in [0.717, 1.165) is 22.9 Å². The smallest absolute Gasteiger partial charge is 0.264 e. The number of hydrogen-bond donors (Lipinski definition) is 2. The van der Waals surface area contributed by atoms with Gasteiger partial charge in [-0.3, -0.25) is 10.2 Å². The van der Waals surface area contributed by atoms with E-state index in [-0.39, 0.29) is 17.7 Å². The van der Waals surface area contributed by atoms with Gasteiger partial charge in [0, 0.05) is 21.2 Å². The van der Waals surface area contributed by atoms with Gasteiger partial charge in [0.15, 0.2) is 5.17 Å². The Bertz CT molecular complexity index is 852. The van der Waals surface area contributed by atoms with E-state index in [1.165, 1.54) is 0 Å². The second-order valence-corrected chi connectivity index (χ2v) is 6.85. The highest BCUT2D eigenvalue weighted by Gasteiger charge is 2.22. The Hall–Kier alpha value is -1.95. The molecule has 7 heteroatoms. The minimum Gasteiger partial charge on any atom is -0.488 e. The molecule has 2 aromatic rings. The number of benzene rings is 2. The second kappa shape index (κ2) is 7.30. The Morgan fingerprint density at radius 3 is 2.71 bits per heavy atom. The molecule has 0 aromatic heterocycles. The molecule has 0 atom stereocenters. The van der Waals surface area contributed by atoms with Gasteiger partial charge in [0.05, 0.1) is 4.91 Å². The van der Waals surface area contributed by atoms with Crippen LogP contribution in [0.5, 0.6) is 5.75 Å². The molecule has 1 saturated heterocycles. The predicted octanol–water partition coefficient (Wildman–Crippen LogP) is 4.71. The summed E-state index contributed by atoms with van der Waals surface area (Å²) in [7, 11) is 0. The number of halogens is 2. The third-order valence-corrected chi connectivity index (χ3v) is 4.68. The molecule has 0 unspecified atom stereocenters. The Morgan fingerprint density at radius 1 is 1.21 bits per heavy atom. The number of nitrogens with one attached hydrogen (secondary N) is 2. The van der Waals surface area contributed by atoms with Gasteiger partial charge in [-0.2, -0.15) is 0 Å². The minimum absolute atomic E-state index is 0.123. The third-order valence-electron chi connectivity index (χ3n) is 3.27. The zero-order chi connectivity index (χ0) is 17.1. The maximum absolute atomic E-state index is 11.7. The summed E-state index contributed by atoms with van der Waals surface area (Å²) in [5, 5.41) is 11.2. The van der Waals surface area contributed by atoms with Crippen LogP contribution in [0.1, 0.15) is 11.1 Å². The lowest BCUT2D eigenvalue weighted by atomic mass is 10.2. The number of thioether (sulfide) groups is 1. The van der Waals surface area contributed by atoms with E-state index in [1.807, 2.05) is 30.3 Å². The molecule has 122 valence electrons. The van der Waals surface area contributed by atoms with Crippen molar-refractivity contribution < 1.29 is 9.53 Å². The van der Waals surface area contributed by atoms with Crippen LogP contribution in [0.3, 0.4) is 0 Å². The van der Waals surface area contributed by atoms with Gasteiger partial charge in [-0.15, -0.1) is 0 Å². The monoisotopic (exact) mass is 378 g/mol. The van der Waals surface area contributed by atoms with Gasteiger partial charge in [-0.25, -0.2) is 0 Å². The van der Waals surface area contributed by atoms with Crippen molar-refractivity contribution in [1.29, 1.82) is 5.41 Å². The molecule has 0 spiro atoms. The average Bonchev–Trinajstić information content (AvgIpc) is 2.85. The fourth-order valence-electron chi connectivity index (χ4n) is 2.11. The van der Waals surface area contributed by atoms with E-state index in [9.17, 15) is 4.79 Å². The number of amidine groups is 1. The first-order valence-corrected chi connectivity index (χ1v) is 8.55. The second-order valence-electron chi connectivity index (χ2n) is 4.96. The molecule has 1 fully saturated rings. The van der Waals surface area contributed by atoms with Crippen LogP contribution in [0, 0.1) is 5.41 Å². The van der Waals surface area contributed by atoms with E-state index in [2.05, 4.69) is 5.32 Å². The Morgan fingerprint density at radius 2 is 2.00 bits per heavy atom. The number of carbonyl (C=O) groups is 1. The quantitative estimate of drug-likeness (QED) is 0.757. The van der Waals surface area contributed by atoms with Gasteiger partial charge in [0.1, 0.15) is 12.4 Å². The van der Waals surface area contributed by atoms with Crippen LogP contribution in [0.4, 0.5) is 0 Å². The van der Waals surface area contributed by atoms with Crippen LogP contribution in [-0.4, -0.2) is 11.1 Å². The highest BCUT2D eigenvalue weighted by atomic mass is 35.5. The van der Waals surface area contributed by atoms with Crippen LogP contribution in [0.25, 0.3) is 6.08 Å². The molecular weight excluding hydrogens is 367 g/mol. The molecule has 2 aromatic carbocycles. The fraction of sp³-hybridized carbons (Fsp3) is 0.0588. The average molecular weight is 379 g/mol. The van der Waals surface area contributed by atoms with Crippen LogP contribution in [-0.2, 0) is 11.4 Å². The summed E-state index contributed by atoms with van der Waals surface area (Å²) in [6.45, 7) is 0.283. The van der Waals surface area contributed by atoms with Crippen molar-refractivity contribution in [2.75, 3.05) is 0 Å². The summed E-state index contributed by atoms with van der Waals surface area (Å²) in [4.78, 5) is 12.2. The molecule has 1 heterocycles. The number of amides is 1. The third kappa shape index (κ3) is 3.93. The molecule has 0 bridgehead atoms.